The van der Waals surface area contributed by atoms with Crippen molar-refractivity contribution in [2.75, 3.05) is 44.2 Å². The minimum atomic E-state index is -1.14. The number of aromatic nitrogens is 2. The molecule has 2 amide bonds. The fourth-order valence-corrected chi connectivity index (χ4v) is 5.56. The van der Waals surface area contributed by atoms with Crippen LogP contribution >= 0.6 is 11.6 Å². The third-order valence-electron chi connectivity index (χ3n) is 7.38. The van der Waals surface area contributed by atoms with Gasteiger partial charge in [-0.15, -0.1) is 0 Å². The first kappa shape index (κ1) is 27.0. The predicted molar refractivity (Wildman–Crippen MR) is 149 cm³/mol. The van der Waals surface area contributed by atoms with E-state index in [1.54, 1.807) is 12.1 Å². The molecule has 0 aliphatic carbocycles. The van der Waals surface area contributed by atoms with Crippen LogP contribution in [-0.4, -0.2) is 82.2 Å². The molecular weight excluding hydrogens is 520 g/mol. The van der Waals surface area contributed by atoms with Crippen molar-refractivity contribution in [1.29, 1.82) is 0 Å². The molecule has 1 fully saturated rings. The van der Waals surface area contributed by atoms with Gasteiger partial charge >= 0.3 is 12.2 Å². The summed E-state index contributed by atoms with van der Waals surface area (Å²) in [6.07, 6.45) is -2.03. The summed E-state index contributed by atoms with van der Waals surface area (Å²) < 4.78 is 6.45. The number of amides is 2. The number of carbonyl (C=O) groups is 2. The van der Waals surface area contributed by atoms with Crippen LogP contribution in [0.4, 0.5) is 15.3 Å². The molecule has 2 aromatic carbocycles. The van der Waals surface area contributed by atoms with Crippen LogP contribution in [0.3, 0.4) is 0 Å². The van der Waals surface area contributed by atoms with E-state index in [1.165, 1.54) is 16.2 Å². The molecule has 206 valence electrons. The van der Waals surface area contributed by atoms with Crippen molar-refractivity contribution in [3.8, 4) is 11.3 Å². The Morgan fingerprint density at radius 3 is 2.46 bits per heavy atom. The summed E-state index contributed by atoms with van der Waals surface area (Å²) in [6.45, 7) is 7.14. The fraction of sp³-hybridized carbons (Fsp3) is 0.393. The number of hydrogen-bond acceptors (Lipinski definition) is 7. The smallest absolute Gasteiger partial charge is 0.390 e. The number of carbonyl (C=O) groups excluding carboxylic acids is 2. The van der Waals surface area contributed by atoms with Gasteiger partial charge in [0.2, 0.25) is 0 Å². The third kappa shape index (κ3) is 6.19. The van der Waals surface area contributed by atoms with Gasteiger partial charge < -0.3 is 25.4 Å². The first-order valence-corrected chi connectivity index (χ1v) is 13.5. The van der Waals surface area contributed by atoms with Crippen molar-refractivity contribution in [2.45, 2.75) is 32.5 Å². The molecule has 0 spiro atoms. The molecule has 1 atom stereocenters. The number of β-amino-alcohol motifs (C(OH)–C–C–N with tert-alkyl or cyclic N) is 1. The quantitative estimate of drug-likeness (QED) is 0.451. The topological polar surface area (TPSA) is 117 Å². The zero-order chi connectivity index (χ0) is 27.5. The molecule has 1 aromatic heterocycles. The van der Waals surface area contributed by atoms with Gasteiger partial charge in [0, 0.05) is 73.2 Å². The number of benzene rings is 2. The molecule has 3 aromatic rings. The SMILES string of the molecule is Cc1ccccc1N1CCN(CC(O)Cn2nc(-c3ccc(Cl)cc3)c3c2CCN(C(=O)OC(N)=O)C3)CC1. The van der Waals surface area contributed by atoms with Gasteiger partial charge in [-0.25, -0.2) is 9.59 Å². The van der Waals surface area contributed by atoms with E-state index in [9.17, 15) is 14.7 Å². The normalized spacial score (nSPS) is 16.6. The lowest BCUT2D eigenvalue weighted by Gasteiger charge is -2.37. The number of rotatable bonds is 6. The van der Waals surface area contributed by atoms with E-state index in [2.05, 4.69) is 45.7 Å². The summed E-state index contributed by atoms with van der Waals surface area (Å²) in [4.78, 5) is 29.6. The number of anilines is 1. The summed E-state index contributed by atoms with van der Waals surface area (Å²) >= 11 is 6.09. The Hall–Kier alpha value is -3.60. The van der Waals surface area contributed by atoms with Crippen LogP contribution in [0.1, 0.15) is 16.8 Å². The molecule has 0 saturated carbocycles. The Kier molecular flexibility index (Phi) is 8.06. The molecule has 3 heterocycles. The number of aliphatic hydroxyl groups excluding tert-OH is 1. The molecule has 11 heteroatoms. The van der Waals surface area contributed by atoms with E-state index in [0.717, 1.165) is 43.0 Å². The molecule has 2 aliphatic heterocycles. The number of fused-ring (bicyclic) bond motifs is 1. The van der Waals surface area contributed by atoms with E-state index >= 15 is 0 Å². The van der Waals surface area contributed by atoms with Crippen LogP contribution in [0.5, 0.6) is 0 Å². The average molecular weight is 553 g/mol. The van der Waals surface area contributed by atoms with Crippen LogP contribution in [0.25, 0.3) is 11.3 Å². The van der Waals surface area contributed by atoms with Crippen molar-refractivity contribution in [2.24, 2.45) is 5.73 Å². The summed E-state index contributed by atoms with van der Waals surface area (Å²) in [5, 5.41) is 16.5. The van der Waals surface area contributed by atoms with Gasteiger partial charge in [-0.05, 0) is 30.7 Å². The minimum Gasteiger partial charge on any atom is -0.390 e. The van der Waals surface area contributed by atoms with Crippen LogP contribution < -0.4 is 10.6 Å². The Balaban J connectivity index is 1.28. The number of hydrogen-bond donors (Lipinski definition) is 2. The molecule has 0 radical (unpaired) electrons. The summed E-state index contributed by atoms with van der Waals surface area (Å²) in [6, 6.07) is 15.7. The van der Waals surface area contributed by atoms with Crippen molar-refractivity contribution in [3.05, 3.63) is 70.4 Å². The van der Waals surface area contributed by atoms with E-state index in [1.807, 2.05) is 16.8 Å². The first-order valence-electron chi connectivity index (χ1n) is 13.1. The second-order valence-corrected chi connectivity index (χ2v) is 10.5. The number of primary amides is 1. The molecule has 3 N–H and O–H groups in total. The molecule has 1 unspecified atom stereocenters. The number of para-hydroxylation sites is 1. The van der Waals surface area contributed by atoms with Gasteiger partial charge in [0.25, 0.3) is 0 Å². The van der Waals surface area contributed by atoms with Gasteiger partial charge in [0.1, 0.15) is 0 Å². The van der Waals surface area contributed by atoms with Crippen molar-refractivity contribution in [1.82, 2.24) is 19.6 Å². The lowest BCUT2D eigenvalue weighted by atomic mass is 10.0. The van der Waals surface area contributed by atoms with Crippen LogP contribution in [0, 0.1) is 6.92 Å². The molecule has 2 aliphatic rings. The van der Waals surface area contributed by atoms with Crippen molar-refractivity contribution in [3.63, 3.8) is 0 Å². The molecule has 0 bridgehead atoms. The second-order valence-electron chi connectivity index (χ2n) is 10.0. The maximum atomic E-state index is 12.4. The summed E-state index contributed by atoms with van der Waals surface area (Å²) in [7, 11) is 0. The number of halogens is 1. The lowest BCUT2D eigenvalue weighted by Crippen LogP contribution is -2.49. The lowest BCUT2D eigenvalue weighted by molar-refractivity contribution is 0.0903. The molecule has 39 heavy (non-hydrogen) atoms. The third-order valence-corrected chi connectivity index (χ3v) is 7.63. The zero-order valence-corrected chi connectivity index (χ0v) is 22.7. The Labute approximate surface area is 232 Å². The predicted octanol–water partition coefficient (Wildman–Crippen LogP) is 3.27. The number of nitrogens with zero attached hydrogens (tertiary/aromatic N) is 5. The number of ether oxygens (including phenoxy) is 1. The fourth-order valence-electron chi connectivity index (χ4n) is 5.43. The van der Waals surface area contributed by atoms with E-state index in [4.69, 9.17) is 22.4 Å². The molecule has 1 saturated heterocycles. The van der Waals surface area contributed by atoms with Crippen LogP contribution in [-0.2, 0) is 24.2 Å². The maximum Gasteiger partial charge on any atom is 0.419 e. The Morgan fingerprint density at radius 2 is 1.77 bits per heavy atom. The number of piperazine rings is 1. The standard InChI is InChI=1S/C28H33ClN6O4/c1-19-4-2-3-5-24(19)33-14-12-32(13-15-33)16-22(36)17-35-25-10-11-34(28(38)39-27(30)37)18-23(25)26(31-35)20-6-8-21(29)9-7-20/h2-9,22,36H,10-18H2,1H3,(H2,30,37). The van der Waals surface area contributed by atoms with Gasteiger partial charge in [0.15, 0.2) is 0 Å². The maximum absolute atomic E-state index is 12.4. The summed E-state index contributed by atoms with van der Waals surface area (Å²) in [5.74, 6) is 0. The highest BCUT2D eigenvalue weighted by atomic mass is 35.5. The molecule has 5 rings (SSSR count). The Morgan fingerprint density at radius 1 is 1.05 bits per heavy atom. The zero-order valence-electron chi connectivity index (χ0n) is 21.9. The molecular formula is C28H33ClN6O4. The number of aryl methyl sites for hydroxylation is 1. The van der Waals surface area contributed by atoms with Gasteiger partial charge in [-0.3, -0.25) is 9.58 Å². The largest absolute Gasteiger partial charge is 0.419 e. The summed E-state index contributed by atoms with van der Waals surface area (Å²) in [5.41, 5.74) is 10.9. The Bertz CT molecular complexity index is 1340. The van der Waals surface area contributed by atoms with E-state index < -0.39 is 18.3 Å². The van der Waals surface area contributed by atoms with Crippen LogP contribution in [0.2, 0.25) is 5.02 Å². The molecule has 10 nitrogen and oxygen atoms in total. The van der Waals surface area contributed by atoms with E-state index in [-0.39, 0.29) is 6.54 Å². The van der Waals surface area contributed by atoms with E-state index in [0.29, 0.717) is 36.8 Å². The van der Waals surface area contributed by atoms with Gasteiger partial charge in [0.05, 0.1) is 24.9 Å². The first-order chi connectivity index (χ1) is 18.8. The van der Waals surface area contributed by atoms with Crippen LogP contribution in [0.15, 0.2) is 48.5 Å². The monoisotopic (exact) mass is 552 g/mol. The average Bonchev–Trinajstić information content (AvgIpc) is 3.27. The highest BCUT2D eigenvalue weighted by molar-refractivity contribution is 6.30. The van der Waals surface area contributed by atoms with Gasteiger partial charge in [-0.2, -0.15) is 5.10 Å². The number of aliphatic hydroxyl groups is 1. The van der Waals surface area contributed by atoms with Crippen molar-refractivity contribution < 1.29 is 19.4 Å². The van der Waals surface area contributed by atoms with Gasteiger partial charge in [-0.1, -0.05) is 41.9 Å². The second kappa shape index (κ2) is 11.6. The number of nitrogens with two attached hydrogens (primary N) is 1. The van der Waals surface area contributed by atoms with Crippen molar-refractivity contribution >= 4 is 29.5 Å². The minimum absolute atomic E-state index is 0.219. The highest BCUT2D eigenvalue weighted by Crippen LogP contribution is 2.31. The highest BCUT2D eigenvalue weighted by Gasteiger charge is 2.30.